The monoisotopic (exact) mass is 364 g/mol. The summed E-state index contributed by atoms with van der Waals surface area (Å²) < 4.78 is 11.7. The molecule has 0 bridgehead atoms. The van der Waals surface area contributed by atoms with Crippen LogP contribution in [0, 0.1) is 5.92 Å². The van der Waals surface area contributed by atoms with Crippen LogP contribution in [-0.2, 0) is 17.6 Å². The van der Waals surface area contributed by atoms with E-state index in [0.29, 0.717) is 17.6 Å². The van der Waals surface area contributed by atoms with Gasteiger partial charge in [-0.25, -0.2) is 0 Å². The zero-order valence-electron chi connectivity index (χ0n) is 12.3. The molecule has 6 heteroatoms. The van der Waals surface area contributed by atoms with Crippen molar-refractivity contribution in [1.29, 1.82) is 0 Å². The summed E-state index contributed by atoms with van der Waals surface area (Å²) in [6, 6.07) is 7.33. The third-order valence-corrected chi connectivity index (χ3v) is 4.26. The van der Waals surface area contributed by atoms with Crippen molar-refractivity contribution in [3.8, 4) is 5.75 Å². The van der Waals surface area contributed by atoms with E-state index in [1.807, 2.05) is 12.1 Å². The lowest BCUT2D eigenvalue weighted by Gasteiger charge is -2.16. The van der Waals surface area contributed by atoms with Gasteiger partial charge in [0.2, 0.25) is 5.88 Å². The van der Waals surface area contributed by atoms with Gasteiger partial charge in [0.1, 0.15) is 5.75 Å². The minimum Gasteiger partial charge on any atom is -0.484 e. The van der Waals surface area contributed by atoms with E-state index in [1.54, 1.807) is 12.1 Å². The Hall–Kier alpha value is -1.82. The Morgan fingerprint density at radius 1 is 1.45 bits per heavy atom. The van der Waals surface area contributed by atoms with Gasteiger partial charge in [-0.1, -0.05) is 28.0 Å². The van der Waals surface area contributed by atoms with E-state index in [-0.39, 0.29) is 12.5 Å². The second kappa shape index (κ2) is 6.52. The predicted octanol–water partition coefficient (Wildman–Crippen LogP) is 3.58. The molecule has 2 aromatic rings. The molecule has 22 heavy (non-hydrogen) atoms. The second-order valence-electron chi connectivity index (χ2n) is 5.58. The molecule has 1 aromatic carbocycles. The number of anilines is 1. The van der Waals surface area contributed by atoms with Crippen LogP contribution in [-0.4, -0.2) is 17.7 Å². The van der Waals surface area contributed by atoms with Gasteiger partial charge in [0, 0.05) is 10.0 Å². The Bertz CT molecular complexity index is 667. The number of nitrogens with one attached hydrogen (secondary N) is 1. The molecule has 1 N–H and O–H groups in total. The van der Waals surface area contributed by atoms with Crippen LogP contribution in [0.5, 0.6) is 5.75 Å². The summed E-state index contributed by atoms with van der Waals surface area (Å²) in [5.41, 5.74) is 1.98. The van der Waals surface area contributed by atoms with Gasteiger partial charge in [-0.15, -0.1) is 0 Å². The van der Waals surface area contributed by atoms with Crippen molar-refractivity contribution in [3.63, 3.8) is 0 Å². The maximum absolute atomic E-state index is 12.0. The van der Waals surface area contributed by atoms with E-state index in [4.69, 9.17) is 9.26 Å². The summed E-state index contributed by atoms with van der Waals surface area (Å²) in [4.78, 5) is 12.0. The van der Waals surface area contributed by atoms with E-state index < -0.39 is 0 Å². The van der Waals surface area contributed by atoms with E-state index >= 15 is 0 Å². The normalized spacial score (nSPS) is 16.9. The highest BCUT2D eigenvalue weighted by molar-refractivity contribution is 9.10. The Morgan fingerprint density at radius 2 is 2.23 bits per heavy atom. The van der Waals surface area contributed by atoms with Crippen molar-refractivity contribution < 1.29 is 14.1 Å². The Balaban J connectivity index is 1.58. The fourth-order valence-corrected chi connectivity index (χ4v) is 2.79. The van der Waals surface area contributed by atoms with Crippen LogP contribution in [0.3, 0.4) is 0 Å². The van der Waals surface area contributed by atoms with Gasteiger partial charge in [0.25, 0.3) is 5.91 Å². The molecular weight excluding hydrogens is 348 g/mol. The smallest absolute Gasteiger partial charge is 0.264 e. The quantitative estimate of drug-likeness (QED) is 0.900. The molecule has 0 spiro atoms. The zero-order chi connectivity index (χ0) is 15.5. The summed E-state index contributed by atoms with van der Waals surface area (Å²) in [5, 5.41) is 6.79. The summed E-state index contributed by atoms with van der Waals surface area (Å²) in [5.74, 6) is 1.44. The van der Waals surface area contributed by atoms with Crippen molar-refractivity contribution >= 4 is 27.7 Å². The number of rotatable bonds is 4. The lowest BCUT2D eigenvalue weighted by molar-refractivity contribution is -0.118. The van der Waals surface area contributed by atoms with Crippen LogP contribution in [0.1, 0.15) is 24.6 Å². The van der Waals surface area contributed by atoms with Gasteiger partial charge >= 0.3 is 0 Å². The SMILES string of the molecule is C[C@H]1CCc2noc(NC(=O)COc3ccc(Br)cc3)c2C1. The molecule has 0 unspecified atom stereocenters. The van der Waals surface area contributed by atoms with Crippen molar-refractivity contribution in [2.75, 3.05) is 11.9 Å². The molecule has 0 aliphatic heterocycles. The van der Waals surface area contributed by atoms with Gasteiger partial charge in [-0.05, 0) is 49.4 Å². The van der Waals surface area contributed by atoms with Crippen molar-refractivity contribution in [3.05, 3.63) is 40.0 Å². The standard InChI is InChI=1S/C16H17BrN2O3/c1-10-2-7-14-13(8-10)16(22-19-14)18-15(20)9-21-12-5-3-11(17)4-6-12/h3-6,10H,2,7-9H2,1H3,(H,18,20)/t10-/m0/s1. The van der Waals surface area contributed by atoms with Crippen LogP contribution in [0.25, 0.3) is 0 Å². The second-order valence-corrected chi connectivity index (χ2v) is 6.49. The van der Waals surface area contributed by atoms with Gasteiger partial charge < -0.3 is 9.26 Å². The number of amides is 1. The third kappa shape index (κ3) is 3.50. The number of carbonyl (C=O) groups excluding carboxylic acids is 1. The Morgan fingerprint density at radius 3 is 3.00 bits per heavy atom. The Kier molecular flexibility index (Phi) is 4.47. The average Bonchev–Trinajstić information content (AvgIpc) is 2.89. The van der Waals surface area contributed by atoms with Crippen LogP contribution in [0.2, 0.25) is 0 Å². The number of ether oxygens (including phenoxy) is 1. The first-order valence-electron chi connectivity index (χ1n) is 7.27. The molecule has 5 nitrogen and oxygen atoms in total. The summed E-state index contributed by atoms with van der Waals surface area (Å²) >= 11 is 3.35. The number of fused-ring (bicyclic) bond motifs is 1. The van der Waals surface area contributed by atoms with Crippen LogP contribution < -0.4 is 10.1 Å². The van der Waals surface area contributed by atoms with Crippen LogP contribution >= 0.6 is 15.9 Å². The molecule has 1 atom stereocenters. The van der Waals surface area contributed by atoms with E-state index in [9.17, 15) is 4.79 Å². The maximum Gasteiger partial charge on any atom is 0.264 e. The van der Waals surface area contributed by atoms with Gasteiger partial charge in [0.15, 0.2) is 6.61 Å². The predicted molar refractivity (Wildman–Crippen MR) is 86.0 cm³/mol. The fraction of sp³-hybridized carbons (Fsp3) is 0.375. The highest BCUT2D eigenvalue weighted by Gasteiger charge is 2.24. The molecular formula is C16H17BrN2O3. The number of aryl methyl sites for hydroxylation is 1. The summed E-state index contributed by atoms with van der Waals surface area (Å²) in [6.07, 6.45) is 2.91. The minimum atomic E-state index is -0.250. The molecule has 0 fully saturated rings. The molecule has 0 saturated carbocycles. The number of nitrogens with zero attached hydrogens (tertiary/aromatic N) is 1. The van der Waals surface area contributed by atoms with Gasteiger partial charge in [-0.3, -0.25) is 10.1 Å². The number of aromatic nitrogens is 1. The van der Waals surface area contributed by atoms with Crippen LogP contribution in [0.4, 0.5) is 5.88 Å². The lowest BCUT2D eigenvalue weighted by Crippen LogP contribution is -2.21. The van der Waals surface area contributed by atoms with Crippen LogP contribution in [0.15, 0.2) is 33.3 Å². The number of hydrogen-bond donors (Lipinski definition) is 1. The van der Waals surface area contributed by atoms with E-state index in [2.05, 4.69) is 33.3 Å². The molecule has 1 heterocycles. The lowest BCUT2D eigenvalue weighted by atomic mass is 9.89. The number of hydrogen-bond acceptors (Lipinski definition) is 4. The van der Waals surface area contributed by atoms with Gasteiger partial charge in [0.05, 0.1) is 5.69 Å². The highest BCUT2D eigenvalue weighted by Crippen LogP contribution is 2.30. The first-order valence-corrected chi connectivity index (χ1v) is 8.07. The van der Waals surface area contributed by atoms with Crippen molar-refractivity contribution in [1.82, 2.24) is 5.16 Å². The average molecular weight is 365 g/mol. The Labute approximate surface area is 137 Å². The number of halogens is 1. The van der Waals surface area contributed by atoms with Crippen molar-refractivity contribution in [2.24, 2.45) is 5.92 Å². The maximum atomic E-state index is 12.0. The topological polar surface area (TPSA) is 64.4 Å². The summed E-state index contributed by atoms with van der Waals surface area (Å²) in [7, 11) is 0. The summed E-state index contributed by atoms with van der Waals surface area (Å²) in [6.45, 7) is 2.13. The number of carbonyl (C=O) groups is 1. The van der Waals surface area contributed by atoms with Crippen molar-refractivity contribution in [2.45, 2.75) is 26.2 Å². The fourth-order valence-electron chi connectivity index (χ4n) is 2.52. The highest BCUT2D eigenvalue weighted by atomic mass is 79.9. The number of benzene rings is 1. The third-order valence-electron chi connectivity index (χ3n) is 3.73. The molecule has 1 aromatic heterocycles. The van der Waals surface area contributed by atoms with Gasteiger partial charge in [-0.2, -0.15) is 0 Å². The largest absolute Gasteiger partial charge is 0.484 e. The molecule has 1 amide bonds. The molecule has 0 saturated heterocycles. The van der Waals surface area contributed by atoms with E-state index in [0.717, 1.165) is 35.0 Å². The molecule has 116 valence electrons. The first kappa shape index (κ1) is 15.1. The molecule has 0 radical (unpaired) electrons. The molecule has 1 aliphatic carbocycles. The zero-order valence-corrected chi connectivity index (χ0v) is 13.9. The van der Waals surface area contributed by atoms with E-state index in [1.165, 1.54) is 0 Å². The minimum absolute atomic E-state index is 0.0628. The molecule has 3 rings (SSSR count). The first-order chi connectivity index (χ1) is 10.6. The molecule has 1 aliphatic rings.